The van der Waals surface area contributed by atoms with E-state index in [9.17, 15) is 9.90 Å². The molecule has 2 atom stereocenters. The fraction of sp³-hybridized carbons (Fsp3) is 0.267. The number of carboxylic acids is 1. The minimum absolute atomic E-state index is 0.0954. The third-order valence-corrected chi connectivity index (χ3v) is 3.49. The molecule has 0 fully saturated rings. The highest BCUT2D eigenvalue weighted by atomic mass is 35.5. The number of nitrogens with zero attached hydrogens (tertiary/aromatic N) is 2. The number of methoxy groups -OCH3 is 1. The van der Waals surface area contributed by atoms with Crippen LogP contribution in [0.5, 0.6) is 5.75 Å². The number of hydrogen-bond donors (Lipinski definition) is 1. The van der Waals surface area contributed by atoms with Crippen molar-refractivity contribution in [2.24, 2.45) is 5.92 Å². The number of hydrogen-bond acceptors (Lipinski definition) is 4. The maximum Gasteiger partial charge on any atom is 0.307 e. The van der Waals surface area contributed by atoms with Crippen LogP contribution in [0.25, 0.3) is 0 Å². The molecule has 0 spiro atoms. The largest absolute Gasteiger partial charge is 0.497 e. The van der Waals surface area contributed by atoms with Gasteiger partial charge in [-0.1, -0.05) is 19.1 Å². The summed E-state index contributed by atoms with van der Waals surface area (Å²) in [4.78, 5) is 19.4. The van der Waals surface area contributed by atoms with Gasteiger partial charge in [0.2, 0.25) is 5.28 Å². The molecule has 6 heteroatoms. The molecule has 0 saturated heterocycles. The summed E-state index contributed by atoms with van der Waals surface area (Å²) in [7, 11) is 1.57. The lowest BCUT2D eigenvalue weighted by Gasteiger charge is -2.21. The molecule has 21 heavy (non-hydrogen) atoms. The average molecular weight is 307 g/mol. The summed E-state index contributed by atoms with van der Waals surface area (Å²) in [6.45, 7) is 1.64. The van der Waals surface area contributed by atoms with E-state index in [2.05, 4.69) is 9.97 Å². The molecule has 2 aromatic rings. The van der Waals surface area contributed by atoms with Gasteiger partial charge in [0.05, 0.1) is 18.7 Å². The van der Waals surface area contributed by atoms with Gasteiger partial charge in [-0.25, -0.2) is 9.97 Å². The highest BCUT2D eigenvalue weighted by Gasteiger charge is 2.28. The summed E-state index contributed by atoms with van der Waals surface area (Å²) < 4.78 is 5.20. The van der Waals surface area contributed by atoms with E-state index in [1.165, 1.54) is 6.20 Å². The molecule has 0 bridgehead atoms. The number of carboxylic acid groups (broad SMARTS) is 1. The summed E-state index contributed by atoms with van der Waals surface area (Å²) in [5.41, 5.74) is 1.37. The van der Waals surface area contributed by atoms with Crippen LogP contribution in [0, 0.1) is 5.92 Å². The van der Waals surface area contributed by atoms with E-state index in [4.69, 9.17) is 16.3 Å². The van der Waals surface area contributed by atoms with Gasteiger partial charge in [-0.05, 0) is 35.4 Å². The predicted octanol–water partition coefficient (Wildman–Crippen LogP) is 2.99. The zero-order chi connectivity index (χ0) is 15.4. The van der Waals surface area contributed by atoms with Crippen LogP contribution in [-0.2, 0) is 4.79 Å². The van der Waals surface area contributed by atoms with E-state index in [1.54, 1.807) is 32.2 Å². The lowest BCUT2D eigenvalue weighted by atomic mass is 9.84. The minimum atomic E-state index is -0.905. The van der Waals surface area contributed by atoms with Crippen LogP contribution in [0.4, 0.5) is 0 Å². The predicted molar refractivity (Wildman–Crippen MR) is 78.7 cm³/mol. The Bertz CT molecular complexity index is 648. The fourth-order valence-electron chi connectivity index (χ4n) is 2.21. The molecule has 0 amide bonds. The summed E-state index contributed by atoms with van der Waals surface area (Å²) in [5, 5.41) is 9.46. The normalized spacial score (nSPS) is 13.5. The van der Waals surface area contributed by atoms with E-state index in [0.29, 0.717) is 11.4 Å². The van der Waals surface area contributed by atoms with Crippen LogP contribution in [0.15, 0.2) is 36.5 Å². The molecule has 5 nitrogen and oxygen atoms in total. The van der Waals surface area contributed by atoms with Crippen LogP contribution < -0.4 is 4.74 Å². The standard InChI is InChI=1S/C15H15ClN2O3/c1-9(14(19)20)13(12-6-7-17-15(16)18-12)10-4-3-5-11(8-10)21-2/h3-9,13H,1-2H3,(H,19,20). The molecule has 0 saturated carbocycles. The lowest BCUT2D eigenvalue weighted by molar-refractivity contribution is -0.141. The quantitative estimate of drug-likeness (QED) is 0.860. The van der Waals surface area contributed by atoms with Gasteiger partial charge in [0.1, 0.15) is 5.75 Å². The first-order chi connectivity index (χ1) is 10.0. The highest BCUT2D eigenvalue weighted by Crippen LogP contribution is 2.33. The van der Waals surface area contributed by atoms with Gasteiger partial charge in [0.25, 0.3) is 0 Å². The molecular formula is C15H15ClN2O3. The van der Waals surface area contributed by atoms with Crippen LogP contribution >= 0.6 is 11.6 Å². The van der Waals surface area contributed by atoms with Crippen molar-refractivity contribution in [2.45, 2.75) is 12.8 Å². The summed E-state index contributed by atoms with van der Waals surface area (Å²) >= 11 is 5.82. The van der Waals surface area contributed by atoms with Crippen molar-refractivity contribution >= 4 is 17.6 Å². The first-order valence-corrected chi connectivity index (χ1v) is 6.76. The number of rotatable bonds is 5. The summed E-state index contributed by atoms with van der Waals surface area (Å²) in [5.74, 6) is -1.34. The van der Waals surface area contributed by atoms with Crippen molar-refractivity contribution in [2.75, 3.05) is 7.11 Å². The van der Waals surface area contributed by atoms with E-state index in [-0.39, 0.29) is 5.28 Å². The third kappa shape index (κ3) is 3.49. The van der Waals surface area contributed by atoms with Gasteiger partial charge >= 0.3 is 5.97 Å². The smallest absolute Gasteiger partial charge is 0.307 e. The van der Waals surface area contributed by atoms with Crippen LogP contribution in [-0.4, -0.2) is 28.2 Å². The Labute approximate surface area is 127 Å². The zero-order valence-corrected chi connectivity index (χ0v) is 12.4. The lowest BCUT2D eigenvalue weighted by Crippen LogP contribution is -2.21. The van der Waals surface area contributed by atoms with Gasteiger partial charge in [0, 0.05) is 12.1 Å². The first kappa shape index (κ1) is 15.3. The Morgan fingerprint density at radius 2 is 2.14 bits per heavy atom. The second-order valence-electron chi connectivity index (χ2n) is 4.63. The Balaban J connectivity index is 2.52. The van der Waals surface area contributed by atoms with Crippen molar-refractivity contribution in [1.29, 1.82) is 0 Å². The van der Waals surface area contributed by atoms with Crippen LogP contribution in [0.2, 0.25) is 5.28 Å². The van der Waals surface area contributed by atoms with Crippen LogP contribution in [0.3, 0.4) is 0 Å². The topological polar surface area (TPSA) is 72.3 Å². The molecule has 1 aromatic carbocycles. The molecule has 0 aliphatic rings. The van der Waals surface area contributed by atoms with Crippen LogP contribution in [0.1, 0.15) is 24.1 Å². The van der Waals surface area contributed by atoms with Gasteiger partial charge < -0.3 is 9.84 Å². The number of carbonyl (C=O) groups is 1. The molecule has 110 valence electrons. The molecule has 2 rings (SSSR count). The molecule has 0 aliphatic carbocycles. The van der Waals surface area contributed by atoms with Crippen molar-refractivity contribution < 1.29 is 14.6 Å². The zero-order valence-electron chi connectivity index (χ0n) is 11.7. The monoisotopic (exact) mass is 306 g/mol. The number of aromatic nitrogens is 2. The minimum Gasteiger partial charge on any atom is -0.497 e. The Hall–Kier alpha value is -2.14. The van der Waals surface area contributed by atoms with Gasteiger partial charge in [-0.2, -0.15) is 0 Å². The number of halogens is 1. The molecule has 0 radical (unpaired) electrons. The highest BCUT2D eigenvalue weighted by molar-refractivity contribution is 6.28. The summed E-state index contributed by atoms with van der Waals surface area (Å²) in [6.07, 6.45) is 1.52. The molecule has 1 aromatic heterocycles. The van der Waals surface area contributed by atoms with Gasteiger partial charge in [0.15, 0.2) is 0 Å². The third-order valence-electron chi connectivity index (χ3n) is 3.31. The van der Waals surface area contributed by atoms with Gasteiger partial charge in [-0.3, -0.25) is 4.79 Å². The SMILES string of the molecule is COc1cccc(C(c2ccnc(Cl)n2)C(C)C(=O)O)c1. The fourth-order valence-corrected chi connectivity index (χ4v) is 2.37. The van der Waals surface area contributed by atoms with E-state index < -0.39 is 17.8 Å². The maximum absolute atomic E-state index is 11.4. The van der Waals surface area contributed by atoms with Crippen molar-refractivity contribution in [3.63, 3.8) is 0 Å². The molecular weight excluding hydrogens is 292 g/mol. The molecule has 1 N–H and O–H groups in total. The Morgan fingerprint density at radius 3 is 2.76 bits per heavy atom. The van der Waals surface area contributed by atoms with Crippen molar-refractivity contribution in [3.8, 4) is 5.75 Å². The maximum atomic E-state index is 11.4. The molecule has 0 aliphatic heterocycles. The second-order valence-corrected chi connectivity index (χ2v) is 4.97. The van der Waals surface area contributed by atoms with Gasteiger partial charge in [-0.15, -0.1) is 0 Å². The Kier molecular flexibility index (Phi) is 4.75. The van der Waals surface area contributed by atoms with Crippen molar-refractivity contribution in [3.05, 3.63) is 53.1 Å². The number of benzene rings is 1. The molecule has 2 unspecified atom stereocenters. The first-order valence-electron chi connectivity index (χ1n) is 6.38. The number of ether oxygens (including phenoxy) is 1. The summed E-state index contributed by atoms with van der Waals surface area (Å²) in [6, 6.07) is 8.95. The second kappa shape index (κ2) is 6.54. The van der Waals surface area contributed by atoms with E-state index in [0.717, 1.165) is 5.56 Å². The Morgan fingerprint density at radius 1 is 1.38 bits per heavy atom. The van der Waals surface area contributed by atoms with E-state index in [1.807, 2.05) is 12.1 Å². The molecule has 1 heterocycles. The van der Waals surface area contributed by atoms with Crippen molar-refractivity contribution in [1.82, 2.24) is 9.97 Å². The average Bonchev–Trinajstić information content (AvgIpc) is 2.47. The van der Waals surface area contributed by atoms with E-state index >= 15 is 0 Å². The number of aliphatic carboxylic acids is 1.